The Morgan fingerprint density at radius 3 is 2.19 bits per heavy atom. The van der Waals surface area contributed by atoms with Crippen molar-refractivity contribution in [2.24, 2.45) is 0 Å². The summed E-state index contributed by atoms with van der Waals surface area (Å²) >= 11 is 0. The molecule has 0 radical (unpaired) electrons. The summed E-state index contributed by atoms with van der Waals surface area (Å²) in [5.41, 5.74) is -0.634. The topological polar surface area (TPSA) is 61.8 Å². The maximum Gasteiger partial charge on any atom is 0.454 e. The average molecular weight is 382 g/mol. The summed E-state index contributed by atoms with van der Waals surface area (Å²) in [5, 5.41) is 0. The Kier molecular flexibility index (Phi) is 6.44. The number of methoxy groups -OCH3 is 1. The predicted octanol–water partition coefficient (Wildman–Crippen LogP) is 4.20. The number of benzene rings is 2. The molecule has 0 aliphatic carbocycles. The maximum atomic E-state index is 13.0. The second kappa shape index (κ2) is 8.57. The molecule has 8 heteroatoms. The van der Waals surface area contributed by atoms with E-state index in [2.05, 4.69) is 0 Å². The molecule has 0 aromatic heterocycles. The van der Waals surface area contributed by atoms with Gasteiger partial charge in [0, 0.05) is 5.56 Å². The van der Waals surface area contributed by atoms with Crippen molar-refractivity contribution < 1.29 is 37.0 Å². The highest BCUT2D eigenvalue weighted by Crippen LogP contribution is 2.34. The van der Waals surface area contributed by atoms with Crippen LogP contribution in [0.25, 0.3) is 0 Å². The lowest BCUT2D eigenvalue weighted by atomic mass is 10.0. The van der Waals surface area contributed by atoms with Gasteiger partial charge in [0.2, 0.25) is 0 Å². The van der Waals surface area contributed by atoms with Crippen LogP contribution in [-0.2, 0) is 11.3 Å². The maximum absolute atomic E-state index is 13.0. The lowest BCUT2D eigenvalue weighted by molar-refractivity contribution is -0.0885. The smallest absolute Gasteiger partial charge is 0.454 e. The molecule has 0 aliphatic heterocycles. The van der Waals surface area contributed by atoms with E-state index in [1.807, 2.05) is 0 Å². The lowest BCUT2D eigenvalue weighted by Gasteiger charge is -2.16. The van der Waals surface area contributed by atoms with Gasteiger partial charge in [-0.2, -0.15) is 13.2 Å². The van der Waals surface area contributed by atoms with E-state index in [-0.39, 0.29) is 24.7 Å². The van der Waals surface area contributed by atoms with Crippen molar-refractivity contribution in [1.82, 2.24) is 0 Å². The minimum atomic E-state index is -5.16. The van der Waals surface area contributed by atoms with Gasteiger partial charge in [0.1, 0.15) is 6.61 Å². The van der Waals surface area contributed by atoms with Gasteiger partial charge in [-0.05, 0) is 24.6 Å². The van der Waals surface area contributed by atoms with Gasteiger partial charge in [-0.25, -0.2) is 4.79 Å². The van der Waals surface area contributed by atoms with Crippen LogP contribution in [-0.4, -0.2) is 31.6 Å². The van der Waals surface area contributed by atoms with Gasteiger partial charge in [-0.15, -0.1) is 0 Å². The Bertz CT molecular complexity index is 816. The molecule has 0 spiro atoms. The van der Waals surface area contributed by atoms with Gasteiger partial charge in [-0.3, -0.25) is 4.79 Å². The average Bonchev–Trinajstić information content (AvgIpc) is 2.65. The third kappa shape index (κ3) is 4.99. The molecule has 0 saturated heterocycles. The standard InChI is InChI=1S/C19H17F3O5/c1-3-26-18(24)14-10-15(25-2)16(9-13(14)17(23)19(20,21)22)27-11-12-7-5-4-6-8-12/h4-10H,3,11H2,1-2H3. The molecule has 0 aliphatic rings. The molecule has 5 nitrogen and oxygen atoms in total. The van der Waals surface area contributed by atoms with Crippen LogP contribution in [0.5, 0.6) is 11.5 Å². The first-order chi connectivity index (χ1) is 12.8. The van der Waals surface area contributed by atoms with Gasteiger partial charge >= 0.3 is 12.1 Å². The van der Waals surface area contributed by atoms with Crippen LogP contribution in [0.15, 0.2) is 42.5 Å². The summed E-state index contributed by atoms with van der Waals surface area (Å²) in [5.74, 6) is -3.31. The fraction of sp³-hybridized carbons (Fsp3) is 0.263. The van der Waals surface area contributed by atoms with Gasteiger partial charge in [0.25, 0.3) is 5.78 Å². The molecule has 0 bridgehead atoms. The molecular weight excluding hydrogens is 365 g/mol. The van der Waals surface area contributed by atoms with Crippen LogP contribution in [0.1, 0.15) is 33.2 Å². The zero-order chi connectivity index (χ0) is 20.0. The van der Waals surface area contributed by atoms with Crippen molar-refractivity contribution in [3.63, 3.8) is 0 Å². The van der Waals surface area contributed by atoms with E-state index >= 15 is 0 Å². The first-order valence-corrected chi connectivity index (χ1v) is 7.95. The molecule has 0 atom stereocenters. The molecule has 2 rings (SSSR count). The molecule has 0 amide bonds. The number of alkyl halides is 3. The number of Topliss-reactive ketones (excluding diaryl/α,β-unsaturated/α-hetero) is 1. The molecular formula is C19H17F3O5. The van der Waals surface area contributed by atoms with Gasteiger partial charge in [0.05, 0.1) is 19.3 Å². The summed E-state index contributed by atoms with van der Waals surface area (Å²) in [6.07, 6.45) is -5.16. The summed E-state index contributed by atoms with van der Waals surface area (Å²) in [4.78, 5) is 23.8. The van der Waals surface area contributed by atoms with Crippen LogP contribution in [0.4, 0.5) is 13.2 Å². The quantitative estimate of drug-likeness (QED) is 0.531. The van der Waals surface area contributed by atoms with E-state index in [1.54, 1.807) is 30.3 Å². The number of carbonyl (C=O) groups is 2. The number of halogens is 3. The second-order valence-corrected chi connectivity index (χ2v) is 5.37. The normalized spacial score (nSPS) is 11.0. The van der Waals surface area contributed by atoms with E-state index in [0.717, 1.165) is 17.7 Å². The molecule has 27 heavy (non-hydrogen) atoms. The fourth-order valence-corrected chi connectivity index (χ4v) is 2.29. The number of rotatable bonds is 7. The Morgan fingerprint density at radius 2 is 1.63 bits per heavy atom. The van der Waals surface area contributed by atoms with Crippen molar-refractivity contribution >= 4 is 11.8 Å². The molecule has 144 valence electrons. The van der Waals surface area contributed by atoms with Gasteiger partial charge < -0.3 is 14.2 Å². The largest absolute Gasteiger partial charge is 0.493 e. The van der Waals surface area contributed by atoms with Crippen molar-refractivity contribution in [3.05, 3.63) is 59.2 Å². The van der Waals surface area contributed by atoms with E-state index in [0.29, 0.717) is 0 Å². The molecule has 0 fully saturated rings. The SMILES string of the molecule is CCOC(=O)c1cc(OC)c(OCc2ccccc2)cc1C(=O)C(F)(F)F. The number of hydrogen-bond donors (Lipinski definition) is 0. The molecule has 2 aromatic carbocycles. The monoisotopic (exact) mass is 382 g/mol. The van der Waals surface area contributed by atoms with Gasteiger partial charge in [0.15, 0.2) is 11.5 Å². The van der Waals surface area contributed by atoms with E-state index in [4.69, 9.17) is 14.2 Å². The zero-order valence-electron chi connectivity index (χ0n) is 14.6. The Hall–Kier alpha value is -3.03. The summed E-state index contributed by atoms with van der Waals surface area (Å²) in [6.45, 7) is 1.47. The highest BCUT2D eigenvalue weighted by atomic mass is 19.4. The van der Waals surface area contributed by atoms with Gasteiger partial charge in [-0.1, -0.05) is 30.3 Å². The van der Waals surface area contributed by atoms with Crippen molar-refractivity contribution in [2.75, 3.05) is 13.7 Å². The summed E-state index contributed by atoms with van der Waals surface area (Å²) in [6, 6.07) is 10.7. The minimum absolute atomic E-state index is 0.00714. The van der Waals surface area contributed by atoms with E-state index in [1.165, 1.54) is 14.0 Å². The first kappa shape index (κ1) is 20.3. The fourth-order valence-electron chi connectivity index (χ4n) is 2.29. The Balaban J connectivity index is 2.47. The van der Waals surface area contributed by atoms with Crippen LogP contribution >= 0.6 is 0 Å². The highest BCUT2D eigenvalue weighted by molar-refractivity contribution is 6.09. The van der Waals surface area contributed by atoms with Crippen LogP contribution in [0, 0.1) is 0 Å². The molecule has 0 heterocycles. The lowest BCUT2D eigenvalue weighted by Crippen LogP contribution is -2.25. The third-order valence-electron chi connectivity index (χ3n) is 3.54. The van der Waals surface area contributed by atoms with Crippen molar-refractivity contribution in [2.45, 2.75) is 19.7 Å². The molecule has 0 N–H and O–H groups in total. The van der Waals surface area contributed by atoms with E-state index < -0.39 is 29.1 Å². The Morgan fingerprint density at radius 1 is 1.00 bits per heavy atom. The first-order valence-electron chi connectivity index (χ1n) is 7.95. The van der Waals surface area contributed by atoms with E-state index in [9.17, 15) is 22.8 Å². The number of esters is 1. The minimum Gasteiger partial charge on any atom is -0.493 e. The molecule has 2 aromatic rings. The Labute approximate surface area is 153 Å². The van der Waals surface area contributed by atoms with Crippen molar-refractivity contribution in [3.8, 4) is 11.5 Å². The van der Waals surface area contributed by atoms with Crippen molar-refractivity contribution in [1.29, 1.82) is 0 Å². The molecule has 0 saturated carbocycles. The number of carbonyl (C=O) groups excluding carboxylic acids is 2. The number of hydrogen-bond acceptors (Lipinski definition) is 5. The zero-order valence-corrected chi connectivity index (χ0v) is 14.6. The van der Waals surface area contributed by atoms with Crippen LogP contribution < -0.4 is 9.47 Å². The summed E-state index contributed by atoms with van der Waals surface area (Å²) < 4.78 is 54.2. The molecule has 0 unspecified atom stereocenters. The highest BCUT2D eigenvalue weighted by Gasteiger charge is 2.42. The van der Waals surface area contributed by atoms with Crippen LogP contribution in [0.2, 0.25) is 0 Å². The second-order valence-electron chi connectivity index (χ2n) is 5.37. The third-order valence-corrected chi connectivity index (χ3v) is 3.54. The predicted molar refractivity (Wildman–Crippen MR) is 90.1 cm³/mol. The number of ketones is 1. The number of ether oxygens (including phenoxy) is 3. The van der Waals surface area contributed by atoms with Crippen LogP contribution in [0.3, 0.4) is 0 Å². The summed E-state index contributed by atoms with van der Waals surface area (Å²) in [7, 11) is 1.27.